The van der Waals surface area contributed by atoms with Gasteiger partial charge in [0.2, 0.25) is 0 Å². The first-order chi connectivity index (χ1) is 9.53. The summed E-state index contributed by atoms with van der Waals surface area (Å²) in [5, 5.41) is 0. The topological polar surface area (TPSA) is 60.4 Å². The van der Waals surface area contributed by atoms with Crippen molar-refractivity contribution in [2.24, 2.45) is 0 Å². The lowest BCUT2D eigenvalue weighted by molar-refractivity contribution is -0.113. The molecular formula is C15H14O4S. The second-order valence-corrected chi connectivity index (χ2v) is 5.90. The molecule has 0 aromatic heterocycles. The van der Waals surface area contributed by atoms with Gasteiger partial charge in [0.1, 0.15) is 0 Å². The molecule has 0 aliphatic carbocycles. The molecule has 0 heterocycles. The molecule has 2 rings (SSSR count). The molecule has 20 heavy (non-hydrogen) atoms. The lowest BCUT2D eigenvalue weighted by atomic mass is 10.1. The van der Waals surface area contributed by atoms with Crippen LogP contribution in [-0.2, 0) is 19.1 Å². The normalized spacial score (nSPS) is 12.8. The Morgan fingerprint density at radius 2 is 1.60 bits per heavy atom. The van der Waals surface area contributed by atoms with E-state index in [1.165, 1.54) is 12.1 Å². The number of rotatable bonds is 5. The third-order valence-electron chi connectivity index (χ3n) is 2.79. The Kier molecular flexibility index (Phi) is 4.32. The average molecular weight is 290 g/mol. The molecule has 4 nitrogen and oxygen atoms in total. The van der Waals surface area contributed by atoms with Gasteiger partial charge in [-0.25, -0.2) is 0 Å². The average Bonchev–Trinajstić information content (AvgIpc) is 2.46. The number of benzene rings is 2. The van der Waals surface area contributed by atoms with Gasteiger partial charge < -0.3 is 4.79 Å². The van der Waals surface area contributed by atoms with Crippen molar-refractivity contribution in [3.63, 3.8) is 0 Å². The zero-order valence-electron chi connectivity index (χ0n) is 10.9. The van der Waals surface area contributed by atoms with Crippen molar-refractivity contribution in [2.75, 3.05) is 0 Å². The third kappa shape index (κ3) is 3.31. The van der Waals surface area contributed by atoms with E-state index in [-0.39, 0.29) is 4.90 Å². The summed E-state index contributed by atoms with van der Waals surface area (Å²) in [5.74, 6) is 0. The van der Waals surface area contributed by atoms with Crippen LogP contribution in [0.5, 0.6) is 0 Å². The molecular weight excluding hydrogens is 276 g/mol. The smallest absolute Gasteiger partial charge is 0.297 e. The molecule has 1 unspecified atom stereocenters. The first kappa shape index (κ1) is 14.4. The highest BCUT2D eigenvalue weighted by Crippen LogP contribution is 2.22. The SMILES string of the molecule is Cc1ccc(S(=O)(=O)OC(C=O)c2ccccc2)cc1. The second-order valence-electron chi connectivity index (χ2n) is 4.33. The van der Waals surface area contributed by atoms with E-state index in [4.69, 9.17) is 4.18 Å². The predicted octanol–water partition coefficient (Wildman–Crippen LogP) is 2.64. The van der Waals surface area contributed by atoms with Crippen LogP contribution in [0.15, 0.2) is 59.5 Å². The molecule has 0 radical (unpaired) electrons. The van der Waals surface area contributed by atoms with Crippen LogP contribution < -0.4 is 0 Å². The van der Waals surface area contributed by atoms with Crippen LogP contribution in [0.25, 0.3) is 0 Å². The van der Waals surface area contributed by atoms with E-state index in [1.54, 1.807) is 42.5 Å². The van der Waals surface area contributed by atoms with Crippen molar-refractivity contribution in [1.82, 2.24) is 0 Å². The minimum atomic E-state index is -3.97. The highest BCUT2D eigenvalue weighted by Gasteiger charge is 2.22. The Bertz CT molecular complexity index is 676. The summed E-state index contributed by atoms with van der Waals surface area (Å²) in [6.45, 7) is 1.86. The van der Waals surface area contributed by atoms with Crippen LogP contribution in [0.4, 0.5) is 0 Å². The lowest BCUT2D eigenvalue weighted by Gasteiger charge is -2.12. The van der Waals surface area contributed by atoms with Gasteiger partial charge in [0.15, 0.2) is 12.4 Å². The number of hydrogen-bond donors (Lipinski definition) is 0. The van der Waals surface area contributed by atoms with E-state index in [9.17, 15) is 13.2 Å². The van der Waals surface area contributed by atoms with Crippen molar-refractivity contribution >= 4 is 16.4 Å². The number of aryl methyl sites for hydroxylation is 1. The number of aldehydes is 1. The highest BCUT2D eigenvalue weighted by molar-refractivity contribution is 7.86. The Hall–Kier alpha value is -1.98. The fourth-order valence-electron chi connectivity index (χ4n) is 1.70. The summed E-state index contributed by atoms with van der Waals surface area (Å²) in [7, 11) is -3.97. The molecule has 0 fully saturated rings. The highest BCUT2D eigenvalue weighted by atomic mass is 32.2. The van der Waals surface area contributed by atoms with E-state index in [0.29, 0.717) is 11.8 Å². The van der Waals surface area contributed by atoms with Gasteiger partial charge in [-0.15, -0.1) is 0 Å². The minimum Gasteiger partial charge on any atom is -0.300 e. The molecule has 0 saturated heterocycles. The largest absolute Gasteiger partial charge is 0.300 e. The summed E-state index contributed by atoms with van der Waals surface area (Å²) in [5.41, 5.74) is 1.44. The number of carbonyl (C=O) groups excluding carboxylic acids is 1. The monoisotopic (exact) mass is 290 g/mol. The van der Waals surface area contributed by atoms with Gasteiger partial charge in [0.25, 0.3) is 10.1 Å². The van der Waals surface area contributed by atoms with Crippen LogP contribution in [-0.4, -0.2) is 14.7 Å². The molecule has 2 aromatic rings. The fourth-order valence-corrected chi connectivity index (χ4v) is 2.71. The van der Waals surface area contributed by atoms with Gasteiger partial charge in [-0.1, -0.05) is 48.0 Å². The summed E-state index contributed by atoms with van der Waals surface area (Å²) in [4.78, 5) is 11.1. The van der Waals surface area contributed by atoms with Gasteiger partial charge in [-0.3, -0.25) is 4.18 Å². The molecule has 0 aliphatic heterocycles. The Morgan fingerprint density at radius 3 is 2.15 bits per heavy atom. The zero-order valence-corrected chi connectivity index (χ0v) is 11.7. The molecule has 0 N–H and O–H groups in total. The minimum absolute atomic E-state index is 0.0332. The number of hydrogen-bond acceptors (Lipinski definition) is 4. The van der Waals surface area contributed by atoms with Crippen molar-refractivity contribution in [1.29, 1.82) is 0 Å². The van der Waals surface area contributed by atoms with Crippen molar-refractivity contribution in [3.05, 3.63) is 65.7 Å². The van der Waals surface area contributed by atoms with Gasteiger partial charge in [-0.05, 0) is 24.6 Å². The quantitative estimate of drug-likeness (QED) is 0.627. The zero-order chi connectivity index (χ0) is 14.6. The standard InChI is InChI=1S/C15H14O4S/c1-12-7-9-14(10-8-12)20(17,18)19-15(11-16)13-5-3-2-4-6-13/h2-11,15H,1H3. The molecule has 1 atom stereocenters. The van der Waals surface area contributed by atoms with E-state index in [2.05, 4.69) is 0 Å². The van der Waals surface area contributed by atoms with Crippen molar-refractivity contribution in [3.8, 4) is 0 Å². The van der Waals surface area contributed by atoms with Gasteiger partial charge in [0.05, 0.1) is 4.90 Å². The van der Waals surface area contributed by atoms with E-state index < -0.39 is 16.2 Å². The summed E-state index contributed by atoms with van der Waals surface area (Å²) in [6.07, 6.45) is -0.663. The number of carbonyl (C=O) groups is 1. The fraction of sp³-hybridized carbons (Fsp3) is 0.133. The van der Waals surface area contributed by atoms with Crippen molar-refractivity contribution in [2.45, 2.75) is 17.9 Å². The molecule has 5 heteroatoms. The van der Waals surface area contributed by atoms with Crippen LogP contribution >= 0.6 is 0 Å². The van der Waals surface area contributed by atoms with Gasteiger partial charge >= 0.3 is 0 Å². The molecule has 0 spiro atoms. The maximum atomic E-state index is 12.1. The molecule has 0 aliphatic rings. The van der Waals surface area contributed by atoms with E-state index in [0.717, 1.165) is 5.56 Å². The van der Waals surface area contributed by atoms with Gasteiger partial charge in [-0.2, -0.15) is 8.42 Å². The molecule has 104 valence electrons. The Labute approximate surface area is 118 Å². The molecule has 0 amide bonds. The third-order valence-corrected chi connectivity index (χ3v) is 4.10. The summed E-state index contributed by atoms with van der Waals surface area (Å²) in [6, 6.07) is 14.8. The first-order valence-electron chi connectivity index (χ1n) is 6.03. The maximum Gasteiger partial charge on any atom is 0.297 e. The second kappa shape index (κ2) is 5.98. The Morgan fingerprint density at radius 1 is 1.00 bits per heavy atom. The molecule has 2 aromatic carbocycles. The summed E-state index contributed by atoms with van der Waals surface area (Å²) < 4.78 is 29.2. The van der Waals surface area contributed by atoms with E-state index >= 15 is 0 Å². The Balaban J connectivity index is 2.27. The van der Waals surface area contributed by atoms with Crippen LogP contribution in [0.1, 0.15) is 17.2 Å². The molecule has 0 bridgehead atoms. The van der Waals surface area contributed by atoms with E-state index in [1.807, 2.05) is 6.92 Å². The van der Waals surface area contributed by atoms with Gasteiger partial charge in [0, 0.05) is 0 Å². The predicted molar refractivity (Wildman–Crippen MR) is 74.7 cm³/mol. The van der Waals surface area contributed by atoms with Crippen LogP contribution in [0, 0.1) is 6.92 Å². The van der Waals surface area contributed by atoms with Crippen LogP contribution in [0.2, 0.25) is 0 Å². The molecule has 0 saturated carbocycles. The maximum absolute atomic E-state index is 12.1. The van der Waals surface area contributed by atoms with Crippen LogP contribution in [0.3, 0.4) is 0 Å². The first-order valence-corrected chi connectivity index (χ1v) is 7.44. The van der Waals surface area contributed by atoms with Crippen molar-refractivity contribution < 1.29 is 17.4 Å². The lowest BCUT2D eigenvalue weighted by Crippen LogP contribution is -2.13. The summed E-state index contributed by atoms with van der Waals surface area (Å²) >= 11 is 0.